The van der Waals surface area contributed by atoms with E-state index < -0.39 is 29.7 Å². The van der Waals surface area contributed by atoms with Gasteiger partial charge in [-0.15, -0.1) is 0 Å². The fourth-order valence-corrected chi connectivity index (χ4v) is 2.76. The molecule has 23 heavy (non-hydrogen) atoms. The fraction of sp³-hybridized carbons (Fsp3) is 0.533. The number of rotatable bonds is 4. The SMILES string of the molecule is COc1cc(F)cc(CNC(=O)[C@@H]2CN(C)C[C@H]2C(F)(F)F)c1. The number of nitrogens with one attached hydrogen (secondary N) is 1. The number of methoxy groups -OCH3 is 1. The first-order valence-electron chi connectivity index (χ1n) is 7.07. The van der Waals surface area contributed by atoms with E-state index in [0.717, 1.165) is 0 Å². The summed E-state index contributed by atoms with van der Waals surface area (Å²) in [4.78, 5) is 13.6. The minimum atomic E-state index is -4.42. The molecule has 8 heteroatoms. The summed E-state index contributed by atoms with van der Waals surface area (Å²) in [5.74, 6) is -3.78. The Morgan fingerprint density at radius 3 is 2.65 bits per heavy atom. The Morgan fingerprint density at radius 1 is 1.35 bits per heavy atom. The summed E-state index contributed by atoms with van der Waals surface area (Å²) in [5, 5.41) is 2.45. The van der Waals surface area contributed by atoms with E-state index >= 15 is 0 Å². The molecule has 1 heterocycles. The number of carbonyl (C=O) groups is 1. The van der Waals surface area contributed by atoms with Gasteiger partial charge in [0.05, 0.1) is 18.9 Å². The van der Waals surface area contributed by atoms with E-state index in [0.29, 0.717) is 5.56 Å². The van der Waals surface area contributed by atoms with E-state index in [1.807, 2.05) is 0 Å². The molecule has 0 unspecified atom stereocenters. The second-order valence-electron chi connectivity index (χ2n) is 5.69. The van der Waals surface area contributed by atoms with Gasteiger partial charge in [-0.1, -0.05) is 0 Å². The standard InChI is InChI=1S/C15H18F4N2O2/c1-21-7-12(13(8-21)15(17,18)19)14(22)20-6-9-3-10(16)5-11(4-9)23-2/h3-5,12-13H,6-8H2,1-2H3,(H,20,22)/t12-,13-/m1/s1. The quantitative estimate of drug-likeness (QED) is 0.859. The molecule has 0 spiro atoms. The van der Waals surface area contributed by atoms with Crippen LogP contribution in [0.4, 0.5) is 17.6 Å². The van der Waals surface area contributed by atoms with Gasteiger partial charge in [0.2, 0.25) is 5.91 Å². The molecule has 2 rings (SSSR count). The summed E-state index contributed by atoms with van der Waals surface area (Å²) in [5.41, 5.74) is 0.421. The van der Waals surface area contributed by atoms with Crippen LogP contribution in [0.15, 0.2) is 18.2 Å². The molecule has 1 amide bonds. The first-order valence-corrected chi connectivity index (χ1v) is 7.07. The Hall–Kier alpha value is -1.83. The normalized spacial score (nSPS) is 22.2. The average molecular weight is 334 g/mol. The van der Waals surface area contributed by atoms with Crippen LogP contribution in [0.2, 0.25) is 0 Å². The van der Waals surface area contributed by atoms with Gasteiger partial charge in [0.1, 0.15) is 11.6 Å². The second kappa shape index (κ2) is 6.74. The lowest BCUT2D eigenvalue weighted by Crippen LogP contribution is -2.39. The number of hydrogen-bond donors (Lipinski definition) is 1. The van der Waals surface area contributed by atoms with E-state index in [4.69, 9.17) is 4.74 Å². The molecule has 1 fully saturated rings. The maximum absolute atomic E-state index is 13.4. The Balaban J connectivity index is 2.03. The highest BCUT2D eigenvalue weighted by Gasteiger charge is 2.51. The van der Waals surface area contributed by atoms with Crippen molar-refractivity contribution in [2.75, 3.05) is 27.2 Å². The largest absolute Gasteiger partial charge is 0.497 e. The summed E-state index contributed by atoms with van der Waals surface area (Å²) < 4.78 is 57.2. The van der Waals surface area contributed by atoms with E-state index in [2.05, 4.69) is 5.32 Å². The predicted octanol–water partition coefficient (Wildman–Crippen LogP) is 2.19. The van der Waals surface area contributed by atoms with Crippen molar-refractivity contribution in [3.05, 3.63) is 29.6 Å². The van der Waals surface area contributed by atoms with Crippen LogP contribution in [-0.2, 0) is 11.3 Å². The number of nitrogens with zero attached hydrogens (tertiary/aromatic N) is 1. The van der Waals surface area contributed by atoms with Crippen molar-refractivity contribution in [3.8, 4) is 5.75 Å². The zero-order valence-electron chi connectivity index (χ0n) is 12.8. The Morgan fingerprint density at radius 2 is 2.04 bits per heavy atom. The molecule has 0 bridgehead atoms. The number of hydrogen-bond acceptors (Lipinski definition) is 3. The van der Waals surface area contributed by atoms with Gasteiger partial charge in [0, 0.05) is 25.7 Å². The van der Waals surface area contributed by atoms with Crippen LogP contribution in [0.25, 0.3) is 0 Å². The van der Waals surface area contributed by atoms with E-state index in [-0.39, 0.29) is 25.4 Å². The molecule has 0 radical (unpaired) electrons. The summed E-state index contributed by atoms with van der Waals surface area (Å²) in [7, 11) is 2.92. The fourth-order valence-electron chi connectivity index (χ4n) is 2.76. The number of likely N-dealkylation sites (tertiary alicyclic amines) is 1. The van der Waals surface area contributed by atoms with E-state index in [1.165, 1.54) is 30.2 Å². The molecule has 128 valence electrons. The zero-order chi connectivity index (χ0) is 17.2. The molecule has 1 aliphatic heterocycles. The van der Waals surface area contributed by atoms with Gasteiger partial charge in [0.15, 0.2) is 0 Å². The molecule has 1 N–H and O–H groups in total. The molecule has 1 saturated heterocycles. The lowest BCUT2D eigenvalue weighted by molar-refractivity contribution is -0.183. The maximum Gasteiger partial charge on any atom is 0.393 e. The number of carbonyl (C=O) groups excluding carboxylic acids is 1. The van der Waals surface area contributed by atoms with Crippen molar-refractivity contribution in [2.24, 2.45) is 11.8 Å². The number of amides is 1. The lowest BCUT2D eigenvalue weighted by atomic mass is 9.94. The molecular weight excluding hydrogens is 316 g/mol. The maximum atomic E-state index is 13.4. The van der Waals surface area contributed by atoms with Crippen molar-refractivity contribution in [2.45, 2.75) is 12.7 Å². The monoisotopic (exact) mass is 334 g/mol. The highest BCUT2D eigenvalue weighted by atomic mass is 19.4. The van der Waals surface area contributed by atoms with Crippen molar-refractivity contribution >= 4 is 5.91 Å². The molecule has 1 aromatic rings. The van der Waals surface area contributed by atoms with Gasteiger partial charge in [-0.25, -0.2) is 4.39 Å². The number of alkyl halides is 3. The number of benzene rings is 1. The third-order valence-corrected chi connectivity index (χ3v) is 3.89. The number of halogens is 4. The van der Waals surface area contributed by atoms with Crippen LogP contribution in [0, 0.1) is 17.7 Å². The van der Waals surface area contributed by atoms with Gasteiger partial charge >= 0.3 is 6.18 Å². The van der Waals surface area contributed by atoms with Crippen molar-refractivity contribution in [1.82, 2.24) is 10.2 Å². The number of ether oxygens (including phenoxy) is 1. The molecule has 0 saturated carbocycles. The topological polar surface area (TPSA) is 41.6 Å². The van der Waals surface area contributed by atoms with Crippen LogP contribution < -0.4 is 10.1 Å². The lowest BCUT2D eigenvalue weighted by Gasteiger charge is -2.20. The van der Waals surface area contributed by atoms with Crippen molar-refractivity contribution in [3.63, 3.8) is 0 Å². The summed E-state index contributed by atoms with van der Waals surface area (Å²) >= 11 is 0. The van der Waals surface area contributed by atoms with Gasteiger partial charge in [-0.3, -0.25) is 4.79 Å². The minimum absolute atomic E-state index is 0.0441. The van der Waals surface area contributed by atoms with Crippen LogP contribution >= 0.6 is 0 Å². The third kappa shape index (κ3) is 4.34. The highest BCUT2D eigenvalue weighted by Crippen LogP contribution is 2.37. The summed E-state index contributed by atoms with van der Waals surface area (Å²) in [6, 6.07) is 3.90. The minimum Gasteiger partial charge on any atom is -0.497 e. The molecule has 4 nitrogen and oxygen atoms in total. The first kappa shape index (κ1) is 17.5. The van der Waals surface area contributed by atoms with Gasteiger partial charge in [0.25, 0.3) is 0 Å². The van der Waals surface area contributed by atoms with Crippen LogP contribution in [0.5, 0.6) is 5.75 Å². The molecule has 1 aromatic carbocycles. The molecule has 0 aromatic heterocycles. The average Bonchev–Trinajstić information content (AvgIpc) is 2.86. The zero-order valence-corrected chi connectivity index (χ0v) is 12.8. The van der Waals surface area contributed by atoms with Crippen LogP contribution in [0.3, 0.4) is 0 Å². The van der Waals surface area contributed by atoms with E-state index in [1.54, 1.807) is 7.05 Å². The summed E-state index contributed by atoms with van der Waals surface area (Å²) in [6.07, 6.45) is -4.42. The predicted molar refractivity (Wildman–Crippen MR) is 75.3 cm³/mol. The Bertz CT molecular complexity index is 577. The second-order valence-corrected chi connectivity index (χ2v) is 5.69. The van der Waals surface area contributed by atoms with Crippen molar-refractivity contribution in [1.29, 1.82) is 0 Å². The van der Waals surface area contributed by atoms with Gasteiger partial charge < -0.3 is 15.0 Å². The van der Waals surface area contributed by atoms with E-state index in [9.17, 15) is 22.4 Å². The van der Waals surface area contributed by atoms with Gasteiger partial charge in [-0.05, 0) is 24.7 Å². The highest BCUT2D eigenvalue weighted by molar-refractivity contribution is 5.79. The molecular formula is C15H18F4N2O2. The Kier molecular flexibility index (Phi) is 5.13. The first-order chi connectivity index (χ1) is 10.7. The molecule has 2 atom stereocenters. The van der Waals surface area contributed by atoms with Crippen LogP contribution in [0.1, 0.15) is 5.56 Å². The van der Waals surface area contributed by atoms with Crippen molar-refractivity contribution < 1.29 is 27.1 Å². The smallest absolute Gasteiger partial charge is 0.393 e. The van der Waals surface area contributed by atoms with Gasteiger partial charge in [-0.2, -0.15) is 13.2 Å². The molecule has 1 aliphatic rings. The molecule has 0 aliphatic carbocycles. The Labute approximate surface area is 131 Å². The third-order valence-electron chi connectivity index (χ3n) is 3.89. The summed E-state index contributed by atoms with van der Waals surface area (Å²) in [6.45, 7) is -0.213. The van der Waals surface area contributed by atoms with Crippen LogP contribution in [-0.4, -0.2) is 44.2 Å².